The highest BCUT2D eigenvalue weighted by atomic mass is 16.3. The van der Waals surface area contributed by atoms with Gasteiger partial charge in [-0.3, -0.25) is 4.79 Å². The molecule has 5 heteroatoms. The summed E-state index contributed by atoms with van der Waals surface area (Å²) >= 11 is 0. The zero-order valence-corrected chi connectivity index (χ0v) is 19.9. The van der Waals surface area contributed by atoms with E-state index in [0.717, 1.165) is 43.7 Å². The van der Waals surface area contributed by atoms with Gasteiger partial charge in [0.05, 0.1) is 6.61 Å². The second-order valence-electron chi connectivity index (χ2n) is 9.29. The van der Waals surface area contributed by atoms with E-state index in [4.69, 9.17) is 10.8 Å². The van der Waals surface area contributed by atoms with Gasteiger partial charge >= 0.3 is 0 Å². The highest BCUT2D eigenvalue weighted by molar-refractivity contribution is 5.91. The van der Waals surface area contributed by atoms with Crippen molar-refractivity contribution in [3.8, 4) is 0 Å². The minimum atomic E-state index is -0.790. The fraction of sp³-hybridized carbons (Fsp3) is 0.536. The van der Waals surface area contributed by atoms with Gasteiger partial charge in [0.2, 0.25) is 5.91 Å². The predicted molar refractivity (Wildman–Crippen MR) is 135 cm³/mol. The summed E-state index contributed by atoms with van der Waals surface area (Å²) in [6, 6.07) is 20.2. The molecule has 1 fully saturated rings. The van der Waals surface area contributed by atoms with Crippen molar-refractivity contribution in [2.45, 2.75) is 50.4 Å². The highest BCUT2D eigenvalue weighted by Crippen LogP contribution is 2.43. The van der Waals surface area contributed by atoms with Crippen LogP contribution in [-0.4, -0.2) is 55.2 Å². The number of nitrogens with two attached hydrogens (primary N) is 1. The molecule has 0 radical (unpaired) electrons. The van der Waals surface area contributed by atoms with Gasteiger partial charge in [0, 0.05) is 13.1 Å². The van der Waals surface area contributed by atoms with Crippen molar-refractivity contribution in [2.24, 2.45) is 11.7 Å². The van der Waals surface area contributed by atoms with E-state index >= 15 is 0 Å². The summed E-state index contributed by atoms with van der Waals surface area (Å²) in [4.78, 5) is 15.7. The molecule has 3 rings (SSSR count). The summed E-state index contributed by atoms with van der Waals surface area (Å²) in [7, 11) is 0. The third-order valence-corrected chi connectivity index (χ3v) is 7.10. The van der Waals surface area contributed by atoms with Gasteiger partial charge in [-0.05, 0) is 55.9 Å². The van der Waals surface area contributed by atoms with Crippen LogP contribution in [0.4, 0.5) is 0 Å². The number of benzene rings is 2. The number of nitrogens with zero attached hydrogens (tertiary/aromatic N) is 1. The van der Waals surface area contributed by atoms with Gasteiger partial charge in [-0.15, -0.1) is 0 Å². The van der Waals surface area contributed by atoms with Gasteiger partial charge in [0.25, 0.3) is 0 Å². The van der Waals surface area contributed by atoms with Crippen LogP contribution < -0.4 is 11.1 Å². The maximum atomic E-state index is 13.1. The van der Waals surface area contributed by atoms with Crippen molar-refractivity contribution in [1.82, 2.24) is 10.2 Å². The number of aliphatic hydroxyl groups excluding tert-OH is 1. The number of likely N-dealkylation sites (tertiary alicyclic amines) is 1. The Labute approximate surface area is 199 Å². The van der Waals surface area contributed by atoms with Crippen LogP contribution in [-0.2, 0) is 10.2 Å². The fourth-order valence-electron chi connectivity index (χ4n) is 5.41. The second kappa shape index (κ2) is 13.5. The molecule has 4 N–H and O–H groups in total. The molecule has 2 aromatic carbocycles. The molecule has 0 bridgehead atoms. The Kier molecular flexibility index (Phi) is 10.4. The van der Waals surface area contributed by atoms with E-state index in [1.165, 1.54) is 38.5 Å². The van der Waals surface area contributed by atoms with Crippen molar-refractivity contribution in [1.29, 1.82) is 0 Å². The molecule has 0 spiro atoms. The average Bonchev–Trinajstić information content (AvgIpc) is 3.31. The maximum absolute atomic E-state index is 13.1. The lowest BCUT2D eigenvalue weighted by Crippen LogP contribution is -2.49. The molecule has 1 amide bonds. The zero-order valence-electron chi connectivity index (χ0n) is 19.9. The van der Waals surface area contributed by atoms with Crippen LogP contribution in [0.5, 0.6) is 0 Å². The summed E-state index contributed by atoms with van der Waals surface area (Å²) < 4.78 is 0. The minimum absolute atomic E-state index is 0.172. The molecular formula is C28H41N3O2. The van der Waals surface area contributed by atoms with Crippen LogP contribution in [0.25, 0.3) is 0 Å². The highest BCUT2D eigenvalue weighted by Gasteiger charge is 2.49. The van der Waals surface area contributed by atoms with Gasteiger partial charge < -0.3 is 21.1 Å². The Balaban J connectivity index is 1.54. The van der Waals surface area contributed by atoms with E-state index in [1.54, 1.807) is 0 Å². The van der Waals surface area contributed by atoms with E-state index in [2.05, 4.69) is 34.5 Å². The third kappa shape index (κ3) is 6.66. The van der Waals surface area contributed by atoms with Crippen LogP contribution in [0.3, 0.4) is 0 Å². The minimum Gasteiger partial charge on any atom is -0.395 e. The predicted octanol–water partition coefficient (Wildman–Crippen LogP) is 3.70. The van der Waals surface area contributed by atoms with Gasteiger partial charge in [-0.25, -0.2) is 0 Å². The lowest BCUT2D eigenvalue weighted by molar-refractivity contribution is -0.123. The molecule has 1 atom stereocenters. The smallest absolute Gasteiger partial charge is 0.232 e. The number of rotatable bonds is 15. The largest absolute Gasteiger partial charge is 0.395 e. The fourth-order valence-corrected chi connectivity index (χ4v) is 5.41. The first-order valence-corrected chi connectivity index (χ1v) is 12.6. The first-order valence-electron chi connectivity index (χ1n) is 12.6. The maximum Gasteiger partial charge on any atom is 0.232 e. The molecule has 0 aromatic heterocycles. The summed E-state index contributed by atoms with van der Waals surface area (Å²) in [5, 5.41) is 12.0. The lowest BCUT2D eigenvalue weighted by Gasteiger charge is -2.37. The zero-order chi connectivity index (χ0) is 23.4. The van der Waals surface area contributed by atoms with Crippen LogP contribution >= 0.6 is 0 Å². The van der Waals surface area contributed by atoms with Crippen molar-refractivity contribution in [2.75, 3.05) is 39.3 Å². The summed E-state index contributed by atoms with van der Waals surface area (Å²) in [6.07, 6.45) is 8.42. The van der Waals surface area contributed by atoms with Crippen LogP contribution in [0.1, 0.15) is 56.1 Å². The molecule has 1 heterocycles. The average molecular weight is 452 g/mol. The van der Waals surface area contributed by atoms with Crippen molar-refractivity contribution < 1.29 is 9.90 Å². The Hall–Kier alpha value is -2.21. The van der Waals surface area contributed by atoms with Crippen LogP contribution in [0.2, 0.25) is 0 Å². The monoisotopic (exact) mass is 451 g/mol. The first kappa shape index (κ1) is 25.4. The molecule has 1 aliphatic rings. The molecule has 180 valence electrons. The molecule has 2 aromatic rings. The number of carbonyl (C=O) groups is 1. The molecule has 1 saturated heterocycles. The molecule has 1 aliphatic heterocycles. The number of unbranched alkanes of at least 4 members (excludes halogenated alkanes) is 5. The number of aliphatic hydroxyl groups is 1. The Morgan fingerprint density at radius 3 is 2.06 bits per heavy atom. The number of carbonyl (C=O) groups excluding carboxylic acids is 1. The number of hydrogen-bond donors (Lipinski definition) is 3. The van der Waals surface area contributed by atoms with Crippen molar-refractivity contribution in [3.63, 3.8) is 0 Å². The summed E-state index contributed by atoms with van der Waals surface area (Å²) in [5.41, 5.74) is 7.41. The number of amides is 1. The molecule has 33 heavy (non-hydrogen) atoms. The molecule has 5 nitrogen and oxygen atoms in total. The van der Waals surface area contributed by atoms with E-state index in [1.807, 2.05) is 36.4 Å². The lowest BCUT2D eigenvalue weighted by atomic mass is 9.64. The molecular weight excluding hydrogens is 410 g/mol. The standard InChI is InChI=1S/C28H41N3O2/c29-27(33)28(24-13-7-5-8-14-24,25-15-9-6-10-16-25)26-17-21-31(23-26)20-12-4-2-1-3-11-18-30-19-22-32/h5-10,13-16,26,30,32H,1-4,11-12,17-23H2,(H2,29,33). The quantitative estimate of drug-likeness (QED) is 0.361. The van der Waals surface area contributed by atoms with Gasteiger partial charge in [0.15, 0.2) is 0 Å². The number of nitrogens with one attached hydrogen (secondary N) is 1. The van der Waals surface area contributed by atoms with Gasteiger partial charge in [-0.2, -0.15) is 0 Å². The van der Waals surface area contributed by atoms with Gasteiger partial charge in [-0.1, -0.05) is 86.3 Å². The van der Waals surface area contributed by atoms with Crippen LogP contribution in [0, 0.1) is 5.92 Å². The summed E-state index contributed by atoms with van der Waals surface area (Å²) in [5.74, 6) is -0.0774. The normalized spacial score (nSPS) is 16.8. The number of primary amides is 1. The van der Waals surface area contributed by atoms with E-state index in [9.17, 15) is 4.79 Å². The Bertz CT molecular complexity index is 773. The van der Waals surface area contributed by atoms with Crippen LogP contribution in [0.15, 0.2) is 60.7 Å². The van der Waals surface area contributed by atoms with E-state index < -0.39 is 5.41 Å². The molecule has 0 saturated carbocycles. The Morgan fingerprint density at radius 1 is 0.909 bits per heavy atom. The van der Waals surface area contributed by atoms with Gasteiger partial charge in [0.1, 0.15) is 5.41 Å². The third-order valence-electron chi connectivity index (χ3n) is 7.10. The Morgan fingerprint density at radius 2 is 1.48 bits per heavy atom. The SMILES string of the molecule is NC(=O)C(c1ccccc1)(c1ccccc1)C1CCN(CCCCCCCCNCCO)C1. The molecule has 0 aliphatic carbocycles. The van der Waals surface area contributed by atoms with Crippen molar-refractivity contribution in [3.05, 3.63) is 71.8 Å². The first-order chi connectivity index (χ1) is 16.2. The number of hydrogen-bond acceptors (Lipinski definition) is 4. The van der Waals surface area contributed by atoms with Crippen molar-refractivity contribution >= 4 is 5.91 Å². The topological polar surface area (TPSA) is 78.6 Å². The molecule has 1 unspecified atom stereocenters. The summed E-state index contributed by atoms with van der Waals surface area (Å²) in [6.45, 7) is 4.93. The van der Waals surface area contributed by atoms with E-state index in [-0.39, 0.29) is 18.4 Å². The van der Waals surface area contributed by atoms with E-state index in [0.29, 0.717) is 6.54 Å². The second-order valence-corrected chi connectivity index (χ2v) is 9.29.